The summed E-state index contributed by atoms with van der Waals surface area (Å²) in [7, 11) is 0. The Morgan fingerprint density at radius 1 is 1.20 bits per heavy atom. The van der Waals surface area contributed by atoms with Gasteiger partial charge in [-0.2, -0.15) is 0 Å². The predicted molar refractivity (Wildman–Crippen MR) is 97.7 cm³/mol. The van der Waals surface area contributed by atoms with E-state index in [1.165, 1.54) is 6.33 Å². The van der Waals surface area contributed by atoms with Gasteiger partial charge < -0.3 is 4.90 Å². The number of nitrogens with zero attached hydrogens (tertiary/aromatic N) is 5. The summed E-state index contributed by atoms with van der Waals surface area (Å²) < 4.78 is 1.58. The quantitative estimate of drug-likeness (QED) is 0.691. The normalized spacial score (nSPS) is 13.6. The van der Waals surface area contributed by atoms with Gasteiger partial charge in [-0.15, -0.1) is 16.9 Å². The Morgan fingerprint density at radius 2 is 2.08 bits per heavy atom. The van der Waals surface area contributed by atoms with Crippen LogP contribution in [0.4, 0.5) is 5.69 Å². The molecule has 2 aromatic carbocycles. The molecule has 8 heteroatoms. The van der Waals surface area contributed by atoms with Crippen molar-refractivity contribution in [3.8, 4) is 5.69 Å². The number of thioether (sulfide) groups is 1. The maximum Gasteiger partial charge on any atom is 0.258 e. The first-order valence-corrected chi connectivity index (χ1v) is 9.08. The molecule has 4 rings (SSSR count). The summed E-state index contributed by atoms with van der Waals surface area (Å²) in [5, 5.41) is 11.8. The summed E-state index contributed by atoms with van der Waals surface area (Å²) in [6.45, 7) is 2.59. The molecule has 0 fully saturated rings. The molecule has 3 aromatic rings. The van der Waals surface area contributed by atoms with Crippen molar-refractivity contribution in [3.63, 3.8) is 0 Å². The minimum atomic E-state index is -0.0322. The Morgan fingerprint density at radius 3 is 2.84 bits per heavy atom. The van der Waals surface area contributed by atoms with E-state index in [-0.39, 0.29) is 5.91 Å². The molecule has 0 unspecified atom stereocenters. The van der Waals surface area contributed by atoms with Gasteiger partial charge in [0.1, 0.15) is 6.33 Å². The summed E-state index contributed by atoms with van der Waals surface area (Å²) in [4.78, 5) is 15.9. The van der Waals surface area contributed by atoms with Crippen LogP contribution in [0.5, 0.6) is 0 Å². The first-order chi connectivity index (χ1) is 12.1. The number of rotatable bonds is 2. The third-order valence-corrected chi connectivity index (χ3v) is 5.35. The van der Waals surface area contributed by atoms with E-state index in [2.05, 4.69) is 15.5 Å². The summed E-state index contributed by atoms with van der Waals surface area (Å²) in [6.07, 6.45) is 1.53. The molecule has 1 aliphatic rings. The zero-order valence-corrected chi connectivity index (χ0v) is 15.0. The average molecular weight is 372 g/mol. The van der Waals surface area contributed by atoms with Crippen LogP contribution < -0.4 is 4.90 Å². The first-order valence-electron chi connectivity index (χ1n) is 7.72. The van der Waals surface area contributed by atoms with Gasteiger partial charge in [0.25, 0.3) is 5.91 Å². The van der Waals surface area contributed by atoms with Crippen molar-refractivity contribution in [2.45, 2.75) is 11.8 Å². The molecule has 0 saturated carbocycles. The second-order valence-electron chi connectivity index (χ2n) is 5.67. The highest BCUT2D eigenvalue weighted by Crippen LogP contribution is 2.37. The number of amides is 1. The van der Waals surface area contributed by atoms with Crippen LogP contribution in [0.1, 0.15) is 15.9 Å². The number of tetrazole rings is 1. The average Bonchev–Trinajstić information content (AvgIpc) is 3.15. The molecular weight excluding hydrogens is 358 g/mol. The molecule has 0 N–H and O–H groups in total. The number of fused-ring (bicyclic) bond motifs is 1. The van der Waals surface area contributed by atoms with Crippen molar-refractivity contribution < 1.29 is 4.79 Å². The fourth-order valence-electron chi connectivity index (χ4n) is 2.87. The monoisotopic (exact) mass is 371 g/mol. The molecule has 1 amide bonds. The Kier molecular flexibility index (Phi) is 4.19. The Bertz CT molecular complexity index is 944. The number of aryl methyl sites for hydroxylation is 1. The van der Waals surface area contributed by atoms with Crippen LogP contribution in [-0.2, 0) is 0 Å². The van der Waals surface area contributed by atoms with Crippen LogP contribution in [0.3, 0.4) is 0 Å². The maximum atomic E-state index is 13.1. The lowest BCUT2D eigenvalue weighted by Gasteiger charge is -2.29. The Hall–Kier alpha value is -2.38. The zero-order valence-electron chi connectivity index (χ0n) is 13.4. The van der Waals surface area contributed by atoms with Gasteiger partial charge in [0, 0.05) is 27.8 Å². The topological polar surface area (TPSA) is 63.9 Å². The number of anilines is 1. The van der Waals surface area contributed by atoms with Crippen LogP contribution in [-0.4, -0.2) is 38.4 Å². The molecule has 0 saturated heterocycles. The third-order valence-electron chi connectivity index (χ3n) is 4.07. The molecule has 0 aliphatic carbocycles. The Balaban J connectivity index is 1.69. The fourth-order valence-corrected chi connectivity index (χ4v) is 4.02. The van der Waals surface area contributed by atoms with Crippen LogP contribution in [0.25, 0.3) is 5.69 Å². The van der Waals surface area contributed by atoms with Gasteiger partial charge in [-0.05, 0) is 59.3 Å². The largest absolute Gasteiger partial charge is 0.306 e. The number of carbonyl (C=O) groups excluding carboxylic acids is 1. The molecule has 6 nitrogen and oxygen atoms in total. The SMILES string of the molecule is Cc1cc(C(=O)N2CCSc3ccc(Cl)cc32)ccc1-n1cnnn1. The molecule has 1 aliphatic heterocycles. The van der Waals surface area contributed by atoms with E-state index >= 15 is 0 Å². The van der Waals surface area contributed by atoms with Gasteiger partial charge in [-0.25, -0.2) is 4.68 Å². The van der Waals surface area contributed by atoms with Crippen molar-refractivity contribution in [1.82, 2.24) is 20.2 Å². The zero-order chi connectivity index (χ0) is 17.4. The van der Waals surface area contributed by atoms with Crippen molar-refractivity contribution in [3.05, 3.63) is 58.9 Å². The van der Waals surface area contributed by atoms with E-state index in [0.717, 1.165) is 27.6 Å². The predicted octanol–water partition coefficient (Wildman–Crippen LogP) is 3.38. The number of hydrogen-bond acceptors (Lipinski definition) is 5. The molecule has 0 spiro atoms. The Labute approximate surface area is 153 Å². The molecule has 1 aromatic heterocycles. The standard InChI is InChI=1S/C17H14ClN5OS/c1-11-8-12(2-4-14(11)23-10-19-20-21-23)17(24)22-6-7-25-16-5-3-13(18)9-15(16)22/h2-5,8-10H,6-7H2,1H3. The van der Waals surface area contributed by atoms with Gasteiger partial charge in [0.05, 0.1) is 11.4 Å². The maximum absolute atomic E-state index is 13.1. The first kappa shape index (κ1) is 16.1. The molecule has 126 valence electrons. The minimum Gasteiger partial charge on any atom is -0.306 e. The summed E-state index contributed by atoms with van der Waals surface area (Å²) >= 11 is 7.87. The van der Waals surface area contributed by atoms with Gasteiger partial charge in [0.2, 0.25) is 0 Å². The lowest BCUT2D eigenvalue weighted by atomic mass is 10.1. The number of benzene rings is 2. The van der Waals surface area contributed by atoms with E-state index < -0.39 is 0 Å². The van der Waals surface area contributed by atoms with Crippen LogP contribution in [0.2, 0.25) is 5.02 Å². The second kappa shape index (κ2) is 6.50. The van der Waals surface area contributed by atoms with E-state index in [4.69, 9.17) is 11.6 Å². The molecule has 2 heterocycles. The van der Waals surface area contributed by atoms with Crippen LogP contribution in [0.15, 0.2) is 47.6 Å². The van der Waals surface area contributed by atoms with Gasteiger partial charge >= 0.3 is 0 Å². The van der Waals surface area contributed by atoms with E-state index in [0.29, 0.717) is 17.1 Å². The number of aromatic nitrogens is 4. The minimum absolute atomic E-state index is 0.0322. The lowest BCUT2D eigenvalue weighted by molar-refractivity contribution is 0.0987. The smallest absolute Gasteiger partial charge is 0.258 e. The molecule has 0 atom stereocenters. The van der Waals surface area contributed by atoms with Crippen molar-refractivity contribution >= 4 is 35.0 Å². The number of carbonyl (C=O) groups is 1. The van der Waals surface area contributed by atoms with Crippen LogP contribution in [0, 0.1) is 6.92 Å². The number of halogens is 1. The van der Waals surface area contributed by atoms with Crippen molar-refractivity contribution in [2.24, 2.45) is 0 Å². The van der Waals surface area contributed by atoms with Crippen molar-refractivity contribution in [2.75, 3.05) is 17.2 Å². The molecule has 25 heavy (non-hydrogen) atoms. The molecule has 0 bridgehead atoms. The molecule has 0 radical (unpaired) electrons. The highest BCUT2D eigenvalue weighted by Gasteiger charge is 2.24. The van der Waals surface area contributed by atoms with E-state index in [1.807, 2.05) is 37.3 Å². The van der Waals surface area contributed by atoms with E-state index in [1.54, 1.807) is 27.4 Å². The summed E-state index contributed by atoms with van der Waals surface area (Å²) in [5.74, 6) is 0.831. The lowest BCUT2D eigenvalue weighted by Crippen LogP contribution is -2.35. The van der Waals surface area contributed by atoms with Gasteiger partial charge in [-0.1, -0.05) is 11.6 Å². The third kappa shape index (κ3) is 3.01. The fraction of sp³-hybridized carbons (Fsp3) is 0.176. The summed E-state index contributed by atoms with van der Waals surface area (Å²) in [6, 6.07) is 11.2. The number of hydrogen-bond donors (Lipinski definition) is 0. The second-order valence-corrected chi connectivity index (χ2v) is 7.25. The highest BCUT2D eigenvalue weighted by molar-refractivity contribution is 7.99. The molecular formula is C17H14ClN5OS. The van der Waals surface area contributed by atoms with Crippen LogP contribution >= 0.6 is 23.4 Å². The summed E-state index contributed by atoms with van der Waals surface area (Å²) in [5.41, 5.74) is 3.28. The van der Waals surface area contributed by atoms with E-state index in [9.17, 15) is 4.79 Å². The highest BCUT2D eigenvalue weighted by atomic mass is 35.5. The van der Waals surface area contributed by atoms with Crippen molar-refractivity contribution in [1.29, 1.82) is 0 Å². The van der Waals surface area contributed by atoms with Gasteiger partial charge in [-0.3, -0.25) is 4.79 Å². The van der Waals surface area contributed by atoms with Gasteiger partial charge in [0.15, 0.2) is 0 Å².